The molecule has 202 valence electrons. The summed E-state index contributed by atoms with van der Waals surface area (Å²) in [7, 11) is 0. The van der Waals surface area contributed by atoms with Gasteiger partial charge in [0.1, 0.15) is 18.0 Å². The Bertz CT molecular complexity index is 1330. The van der Waals surface area contributed by atoms with Gasteiger partial charge in [0.2, 0.25) is 0 Å². The summed E-state index contributed by atoms with van der Waals surface area (Å²) in [4.78, 5) is 35.3. The number of para-hydroxylation sites is 1. The number of rotatable bonds is 2. The van der Waals surface area contributed by atoms with E-state index < -0.39 is 18.0 Å². The molecule has 1 aromatic heterocycles. The molecule has 0 bridgehead atoms. The van der Waals surface area contributed by atoms with Crippen LogP contribution < -0.4 is 4.90 Å². The number of likely N-dealkylation sites (tertiary alicyclic amines) is 1. The van der Waals surface area contributed by atoms with E-state index in [9.17, 15) is 22.4 Å². The molecule has 12 heteroatoms. The first-order chi connectivity index (χ1) is 18.0. The van der Waals surface area contributed by atoms with Gasteiger partial charge >= 0.3 is 12.1 Å². The van der Waals surface area contributed by atoms with Gasteiger partial charge in [0.15, 0.2) is 0 Å². The predicted molar refractivity (Wildman–Crippen MR) is 134 cm³/mol. The fraction of sp³-hybridized carbons (Fsp3) is 0.385. The van der Waals surface area contributed by atoms with E-state index >= 15 is 0 Å². The Kier molecular flexibility index (Phi) is 8.05. The van der Waals surface area contributed by atoms with Crippen molar-refractivity contribution in [2.24, 2.45) is 0 Å². The quantitative estimate of drug-likeness (QED) is 0.409. The van der Waals surface area contributed by atoms with Crippen LogP contribution in [0.5, 0.6) is 0 Å². The molecule has 1 spiro atoms. The van der Waals surface area contributed by atoms with Gasteiger partial charge in [-0.25, -0.2) is 19.2 Å². The molecule has 1 N–H and O–H groups in total. The van der Waals surface area contributed by atoms with Gasteiger partial charge < -0.3 is 14.9 Å². The highest BCUT2D eigenvalue weighted by molar-refractivity contribution is 6.30. The number of hydrogen-bond donors (Lipinski definition) is 1. The molecule has 0 saturated carbocycles. The molecular weight excluding hydrogens is 528 g/mol. The smallest absolute Gasteiger partial charge is 0.475 e. The zero-order chi connectivity index (χ0) is 27.5. The number of aromatic nitrogens is 2. The fourth-order valence-electron chi connectivity index (χ4n) is 5.19. The number of amides is 1. The zero-order valence-corrected chi connectivity index (χ0v) is 21.0. The minimum absolute atomic E-state index is 0.0165. The maximum absolute atomic E-state index is 13.9. The van der Waals surface area contributed by atoms with E-state index in [-0.39, 0.29) is 16.5 Å². The van der Waals surface area contributed by atoms with Gasteiger partial charge in [-0.15, -0.1) is 0 Å². The molecule has 1 unspecified atom stereocenters. The number of nitrogens with zero attached hydrogens (tertiary/aromatic N) is 4. The second kappa shape index (κ2) is 11.1. The number of carbonyl (C=O) groups excluding carboxylic acids is 1. The predicted octanol–water partition coefficient (Wildman–Crippen LogP) is 5.72. The van der Waals surface area contributed by atoms with Crippen LogP contribution in [-0.2, 0) is 4.79 Å². The summed E-state index contributed by atoms with van der Waals surface area (Å²) in [6, 6.07) is 12.4. The normalized spacial score (nSPS) is 19.7. The molecule has 2 aromatic carbocycles. The first kappa shape index (κ1) is 27.6. The second-order valence-corrected chi connectivity index (χ2v) is 9.68. The Hall–Kier alpha value is -3.47. The number of anilines is 1. The SMILES string of the molecule is O=C(O)C(F)(F)F.O=C(c1ccc(Cl)c(F)c1)N1CCCC2(CCCN2c2ncnc3ccccc23)CC1. The third kappa shape index (κ3) is 5.82. The standard InChI is InChI=1S/C24H24ClFN4O.C2HF3O2/c25-19-8-7-17(15-20(19)26)23(31)29-12-3-9-24(11-14-29)10-4-13-30(24)22-18-5-1-2-6-21(18)27-16-28-22;3-2(4,5)1(6)7/h1-2,5-8,15-16H,3-4,9-14H2;(H,6,7). The average molecular weight is 553 g/mol. The van der Waals surface area contributed by atoms with Gasteiger partial charge in [-0.2, -0.15) is 13.2 Å². The molecule has 0 radical (unpaired) electrons. The minimum Gasteiger partial charge on any atom is -0.475 e. The number of halogens is 5. The maximum atomic E-state index is 13.9. The van der Waals surface area contributed by atoms with Crippen molar-refractivity contribution in [1.29, 1.82) is 0 Å². The van der Waals surface area contributed by atoms with Crippen LogP contribution in [-0.4, -0.2) is 63.2 Å². The molecule has 2 saturated heterocycles. The number of fused-ring (bicyclic) bond motifs is 1. The second-order valence-electron chi connectivity index (χ2n) is 9.27. The third-order valence-electron chi connectivity index (χ3n) is 6.99. The summed E-state index contributed by atoms with van der Waals surface area (Å²) in [6.45, 7) is 2.27. The molecule has 2 aliphatic heterocycles. The van der Waals surface area contributed by atoms with Gasteiger partial charge in [-0.3, -0.25) is 4.79 Å². The van der Waals surface area contributed by atoms with Crippen molar-refractivity contribution >= 4 is 40.2 Å². The molecule has 0 aliphatic carbocycles. The van der Waals surface area contributed by atoms with Crippen LogP contribution in [0.4, 0.5) is 23.4 Å². The lowest BCUT2D eigenvalue weighted by molar-refractivity contribution is -0.192. The molecule has 3 heterocycles. The van der Waals surface area contributed by atoms with E-state index in [1.807, 2.05) is 23.1 Å². The van der Waals surface area contributed by atoms with E-state index in [0.29, 0.717) is 18.7 Å². The van der Waals surface area contributed by atoms with Crippen molar-refractivity contribution in [2.45, 2.75) is 43.8 Å². The monoisotopic (exact) mass is 552 g/mol. The van der Waals surface area contributed by atoms with E-state index in [0.717, 1.165) is 55.4 Å². The summed E-state index contributed by atoms with van der Waals surface area (Å²) < 4.78 is 45.6. The van der Waals surface area contributed by atoms with Crippen LogP contribution in [0.15, 0.2) is 48.8 Å². The van der Waals surface area contributed by atoms with Crippen molar-refractivity contribution in [3.05, 3.63) is 65.2 Å². The van der Waals surface area contributed by atoms with Crippen molar-refractivity contribution in [2.75, 3.05) is 24.5 Å². The molecule has 7 nitrogen and oxygen atoms in total. The van der Waals surface area contributed by atoms with Crippen LogP contribution in [0.3, 0.4) is 0 Å². The van der Waals surface area contributed by atoms with Crippen molar-refractivity contribution in [3.63, 3.8) is 0 Å². The highest BCUT2D eigenvalue weighted by atomic mass is 35.5. The first-order valence-electron chi connectivity index (χ1n) is 12.0. The minimum atomic E-state index is -5.08. The molecule has 38 heavy (non-hydrogen) atoms. The largest absolute Gasteiger partial charge is 0.490 e. The number of carboxylic acids is 1. The summed E-state index contributed by atoms with van der Waals surface area (Å²) >= 11 is 5.78. The summed E-state index contributed by atoms with van der Waals surface area (Å²) in [5.41, 5.74) is 1.28. The molecule has 1 amide bonds. The molecule has 3 aromatic rings. The summed E-state index contributed by atoms with van der Waals surface area (Å²) in [6.07, 6.45) is 1.53. The van der Waals surface area contributed by atoms with Crippen LogP contribution >= 0.6 is 11.6 Å². The lowest BCUT2D eigenvalue weighted by atomic mass is 9.87. The first-order valence-corrected chi connectivity index (χ1v) is 12.4. The van der Waals surface area contributed by atoms with E-state index in [1.165, 1.54) is 12.1 Å². The van der Waals surface area contributed by atoms with E-state index in [4.69, 9.17) is 21.5 Å². The van der Waals surface area contributed by atoms with Crippen LogP contribution in [0.1, 0.15) is 42.5 Å². The van der Waals surface area contributed by atoms with Gasteiger partial charge in [0.05, 0.1) is 10.5 Å². The van der Waals surface area contributed by atoms with E-state index in [1.54, 1.807) is 12.4 Å². The summed E-state index contributed by atoms with van der Waals surface area (Å²) in [5.74, 6) is -2.46. The van der Waals surface area contributed by atoms with Crippen LogP contribution in [0.25, 0.3) is 10.9 Å². The molecule has 2 fully saturated rings. The molecule has 5 rings (SSSR count). The molecular formula is C26H25ClF4N4O3. The van der Waals surface area contributed by atoms with Gasteiger partial charge in [-0.1, -0.05) is 23.7 Å². The zero-order valence-electron chi connectivity index (χ0n) is 20.2. The average Bonchev–Trinajstić information content (AvgIpc) is 3.17. The highest BCUT2D eigenvalue weighted by Crippen LogP contribution is 2.42. The van der Waals surface area contributed by atoms with Crippen LogP contribution in [0.2, 0.25) is 5.02 Å². The third-order valence-corrected chi connectivity index (χ3v) is 7.29. The Morgan fingerprint density at radius 1 is 0.974 bits per heavy atom. The summed E-state index contributed by atoms with van der Waals surface area (Å²) in [5, 5.41) is 8.23. The van der Waals surface area contributed by atoms with Gasteiger partial charge in [0, 0.05) is 36.1 Å². The van der Waals surface area contributed by atoms with Crippen molar-refractivity contribution < 1.29 is 32.3 Å². The lowest BCUT2D eigenvalue weighted by Gasteiger charge is -2.39. The number of alkyl halides is 3. The molecule has 2 aliphatic rings. The topological polar surface area (TPSA) is 86.6 Å². The number of carbonyl (C=O) groups is 2. The fourth-order valence-corrected chi connectivity index (χ4v) is 5.31. The van der Waals surface area contributed by atoms with Crippen LogP contribution in [0, 0.1) is 5.82 Å². The Morgan fingerprint density at radius 3 is 2.34 bits per heavy atom. The Morgan fingerprint density at radius 2 is 1.66 bits per heavy atom. The number of aliphatic carboxylic acids is 1. The number of benzene rings is 2. The number of carboxylic acid groups (broad SMARTS) is 1. The molecule has 1 atom stereocenters. The maximum Gasteiger partial charge on any atom is 0.490 e. The Balaban J connectivity index is 0.000000426. The highest BCUT2D eigenvalue weighted by Gasteiger charge is 2.43. The van der Waals surface area contributed by atoms with Crippen molar-refractivity contribution in [1.82, 2.24) is 14.9 Å². The van der Waals surface area contributed by atoms with E-state index in [2.05, 4.69) is 20.9 Å². The lowest BCUT2D eigenvalue weighted by Crippen LogP contribution is -2.45. The van der Waals surface area contributed by atoms with Gasteiger partial charge in [0.25, 0.3) is 5.91 Å². The number of hydrogen-bond acceptors (Lipinski definition) is 5. The van der Waals surface area contributed by atoms with Crippen molar-refractivity contribution in [3.8, 4) is 0 Å². The van der Waals surface area contributed by atoms with Gasteiger partial charge in [-0.05, 0) is 62.4 Å². The Labute approximate surface area is 221 Å².